The molecule has 106 valence electrons. The summed E-state index contributed by atoms with van der Waals surface area (Å²) in [4.78, 5) is 0. The minimum absolute atomic E-state index is 1.03. The molecule has 0 bridgehead atoms. The topological polar surface area (TPSA) is 0 Å². The Balaban J connectivity index is 1.87. The molecule has 0 aromatic heterocycles. The van der Waals surface area contributed by atoms with E-state index in [-0.39, 0.29) is 0 Å². The molecule has 21 heavy (non-hydrogen) atoms. The fourth-order valence-electron chi connectivity index (χ4n) is 2.95. The predicted octanol–water partition coefficient (Wildman–Crippen LogP) is 5.79. The lowest BCUT2D eigenvalue weighted by Crippen LogP contribution is -1.92. The third-order valence-corrected chi connectivity index (χ3v) is 4.69. The van der Waals surface area contributed by atoms with Crippen molar-refractivity contribution in [3.05, 3.63) is 81.9 Å². The Bertz CT molecular complexity index is 758. The Kier molecular flexibility index (Phi) is 3.55. The van der Waals surface area contributed by atoms with E-state index in [1.54, 1.807) is 0 Å². The van der Waals surface area contributed by atoms with Gasteiger partial charge in [-0.2, -0.15) is 0 Å². The van der Waals surface area contributed by atoms with Crippen LogP contribution in [0.5, 0.6) is 0 Å². The second kappa shape index (κ2) is 5.37. The third kappa shape index (κ3) is 2.58. The van der Waals surface area contributed by atoms with E-state index < -0.39 is 0 Å². The fraction of sp³-hybridized carbons (Fsp3) is 0.238. The highest BCUT2D eigenvalue weighted by atomic mass is 14.2. The SMILES string of the molecule is Cc1ccc(C2=CC=C(c3cccc(C)c3C)C2)cc1C. The van der Waals surface area contributed by atoms with E-state index >= 15 is 0 Å². The molecule has 0 spiro atoms. The first-order valence-corrected chi connectivity index (χ1v) is 7.60. The van der Waals surface area contributed by atoms with E-state index in [1.807, 2.05) is 0 Å². The third-order valence-electron chi connectivity index (χ3n) is 4.69. The van der Waals surface area contributed by atoms with Crippen LogP contribution in [0.1, 0.15) is 39.8 Å². The summed E-state index contributed by atoms with van der Waals surface area (Å²) >= 11 is 0. The summed E-state index contributed by atoms with van der Waals surface area (Å²) in [5, 5.41) is 0. The molecule has 0 heterocycles. The Hall–Kier alpha value is -2.08. The molecule has 1 aliphatic carbocycles. The molecule has 0 radical (unpaired) electrons. The number of benzene rings is 2. The lowest BCUT2D eigenvalue weighted by Gasteiger charge is -2.12. The van der Waals surface area contributed by atoms with Gasteiger partial charge < -0.3 is 0 Å². The molecule has 0 N–H and O–H groups in total. The molecule has 0 fully saturated rings. The Morgan fingerprint density at radius 1 is 0.714 bits per heavy atom. The molecule has 0 atom stereocenters. The lowest BCUT2D eigenvalue weighted by atomic mass is 9.93. The molecule has 0 saturated carbocycles. The van der Waals surface area contributed by atoms with Gasteiger partial charge in [0.05, 0.1) is 0 Å². The Morgan fingerprint density at radius 3 is 2.24 bits per heavy atom. The summed E-state index contributed by atoms with van der Waals surface area (Å²) in [7, 11) is 0. The van der Waals surface area contributed by atoms with E-state index in [9.17, 15) is 0 Å². The second-order valence-corrected chi connectivity index (χ2v) is 6.11. The quantitative estimate of drug-likeness (QED) is 0.650. The molecule has 2 aromatic carbocycles. The first kappa shape index (κ1) is 13.9. The average molecular weight is 274 g/mol. The Labute approximate surface area is 127 Å². The van der Waals surface area contributed by atoms with Crippen molar-refractivity contribution >= 4 is 11.1 Å². The maximum absolute atomic E-state index is 2.31. The molecule has 0 aliphatic heterocycles. The van der Waals surface area contributed by atoms with Gasteiger partial charge in [0.1, 0.15) is 0 Å². The van der Waals surface area contributed by atoms with Gasteiger partial charge in [0, 0.05) is 0 Å². The molecular formula is C21H22. The van der Waals surface area contributed by atoms with Gasteiger partial charge in [-0.25, -0.2) is 0 Å². The van der Waals surface area contributed by atoms with E-state index in [4.69, 9.17) is 0 Å². The standard InChI is InChI=1S/C21H22/c1-14-8-9-18(12-16(14)3)19-10-11-20(13-19)21-7-5-6-15(2)17(21)4/h5-12H,13H2,1-4H3. The van der Waals surface area contributed by atoms with Gasteiger partial charge in [-0.1, -0.05) is 48.6 Å². The number of allylic oxidation sites excluding steroid dienone is 4. The average Bonchev–Trinajstić information content (AvgIpc) is 2.94. The van der Waals surface area contributed by atoms with Crippen LogP contribution in [-0.2, 0) is 0 Å². The number of hydrogen-bond donors (Lipinski definition) is 0. The highest BCUT2D eigenvalue weighted by Gasteiger charge is 2.14. The van der Waals surface area contributed by atoms with E-state index in [2.05, 4.69) is 76.2 Å². The van der Waals surface area contributed by atoms with Gasteiger partial charge in [0.25, 0.3) is 0 Å². The van der Waals surface area contributed by atoms with Crippen LogP contribution in [0.4, 0.5) is 0 Å². The van der Waals surface area contributed by atoms with Crippen LogP contribution in [0.2, 0.25) is 0 Å². The van der Waals surface area contributed by atoms with Crippen LogP contribution < -0.4 is 0 Å². The predicted molar refractivity (Wildman–Crippen MR) is 92.4 cm³/mol. The minimum atomic E-state index is 1.03. The molecular weight excluding hydrogens is 252 g/mol. The van der Waals surface area contributed by atoms with Crippen LogP contribution in [0.3, 0.4) is 0 Å². The fourth-order valence-corrected chi connectivity index (χ4v) is 2.95. The highest BCUT2D eigenvalue weighted by molar-refractivity contribution is 5.87. The smallest absolute Gasteiger partial charge is 0.00138 e. The second-order valence-electron chi connectivity index (χ2n) is 6.11. The molecule has 3 rings (SSSR count). The Morgan fingerprint density at radius 2 is 1.48 bits per heavy atom. The van der Waals surface area contributed by atoms with Gasteiger partial charge >= 0.3 is 0 Å². The molecule has 0 unspecified atom stereocenters. The molecule has 0 heteroatoms. The van der Waals surface area contributed by atoms with Crippen molar-refractivity contribution in [3.8, 4) is 0 Å². The molecule has 1 aliphatic rings. The van der Waals surface area contributed by atoms with Gasteiger partial charge in [-0.3, -0.25) is 0 Å². The summed E-state index contributed by atoms with van der Waals surface area (Å²) in [6, 6.07) is 13.4. The molecule has 2 aromatic rings. The molecule has 0 amide bonds. The van der Waals surface area contributed by atoms with Crippen molar-refractivity contribution in [1.82, 2.24) is 0 Å². The van der Waals surface area contributed by atoms with Crippen LogP contribution >= 0.6 is 0 Å². The van der Waals surface area contributed by atoms with E-state index in [0.717, 1.165) is 6.42 Å². The van der Waals surface area contributed by atoms with Crippen molar-refractivity contribution < 1.29 is 0 Å². The zero-order chi connectivity index (χ0) is 15.0. The van der Waals surface area contributed by atoms with Crippen molar-refractivity contribution in [3.63, 3.8) is 0 Å². The monoisotopic (exact) mass is 274 g/mol. The largest absolute Gasteiger partial charge is 0.0614 e. The van der Waals surface area contributed by atoms with Crippen LogP contribution in [-0.4, -0.2) is 0 Å². The normalized spacial score (nSPS) is 14.1. The van der Waals surface area contributed by atoms with E-state index in [1.165, 1.54) is 44.5 Å². The minimum Gasteiger partial charge on any atom is -0.0614 e. The van der Waals surface area contributed by atoms with Crippen LogP contribution in [0.25, 0.3) is 11.1 Å². The van der Waals surface area contributed by atoms with Gasteiger partial charge in [-0.05, 0) is 78.6 Å². The summed E-state index contributed by atoms with van der Waals surface area (Å²) in [5.41, 5.74) is 11.1. The summed E-state index contributed by atoms with van der Waals surface area (Å²) in [5.74, 6) is 0. The van der Waals surface area contributed by atoms with Gasteiger partial charge in [0.2, 0.25) is 0 Å². The van der Waals surface area contributed by atoms with Crippen molar-refractivity contribution in [2.75, 3.05) is 0 Å². The van der Waals surface area contributed by atoms with Crippen molar-refractivity contribution in [2.45, 2.75) is 34.1 Å². The van der Waals surface area contributed by atoms with Gasteiger partial charge in [0.15, 0.2) is 0 Å². The number of hydrogen-bond acceptors (Lipinski definition) is 0. The van der Waals surface area contributed by atoms with Crippen LogP contribution in [0.15, 0.2) is 48.6 Å². The lowest BCUT2D eigenvalue weighted by molar-refractivity contribution is 1.28. The van der Waals surface area contributed by atoms with Crippen molar-refractivity contribution in [1.29, 1.82) is 0 Å². The molecule has 0 nitrogen and oxygen atoms in total. The van der Waals surface area contributed by atoms with Crippen molar-refractivity contribution in [2.24, 2.45) is 0 Å². The first-order valence-electron chi connectivity index (χ1n) is 7.60. The van der Waals surface area contributed by atoms with Crippen LogP contribution in [0, 0.1) is 27.7 Å². The summed E-state index contributed by atoms with van der Waals surface area (Å²) < 4.78 is 0. The summed E-state index contributed by atoms with van der Waals surface area (Å²) in [6.07, 6.45) is 5.60. The highest BCUT2D eigenvalue weighted by Crippen LogP contribution is 2.36. The maximum atomic E-state index is 2.31. The number of rotatable bonds is 2. The maximum Gasteiger partial charge on any atom is -0.00138 e. The first-order chi connectivity index (χ1) is 10.1. The number of aryl methyl sites for hydroxylation is 3. The zero-order valence-corrected chi connectivity index (χ0v) is 13.3. The zero-order valence-electron chi connectivity index (χ0n) is 13.3. The van der Waals surface area contributed by atoms with Gasteiger partial charge in [-0.15, -0.1) is 0 Å². The van der Waals surface area contributed by atoms with E-state index in [0.29, 0.717) is 0 Å². The summed E-state index contributed by atoms with van der Waals surface area (Å²) in [6.45, 7) is 8.76. The molecule has 0 saturated heterocycles.